The van der Waals surface area contributed by atoms with Gasteiger partial charge in [0.25, 0.3) is 0 Å². The number of hydrogen-bond acceptors (Lipinski definition) is 3. The molecule has 1 amide bonds. The van der Waals surface area contributed by atoms with Crippen LogP contribution in [-0.2, 0) is 9.59 Å². The molecule has 1 aliphatic rings. The number of rotatable bonds is 5. The number of likely N-dealkylation sites (tertiary alicyclic amines) is 1. The first-order valence-electron chi connectivity index (χ1n) is 7.53. The number of ketones is 1. The second-order valence-electron chi connectivity index (χ2n) is 5.93. The average molecular weight is 288 g/mol. The smallest absolute Gasteiger partial charge is 0.219 e. The zero-order chi connectivity index (χ0) is 15.4. The van der Waals surface area contributed by atoms with Crippen LogP contribution in [-0.4, -0.2) is 42.3 Å². The highest BCUT2D eigenvalue weighted by Crippen LogP contribution is 2.18. The van der Waals surface area contributed by atoms with Gasteiger partial charge in [0.05, 0.1) is 5.92 Å². The van der Waals surface area contributed by atoms with Gasteiger partial charge in [0.15, 0.2) is 0 Å². The summed E-state index contributed by atoms with van der Waals surface area (Å²) in [6.07, 6.45) is 0.956. The Labute approximate surface area is 126 Å². The molecule has 1 heterocycles. The Bertz CT molecular complexity index is 510. The van der Waals surface area contributed by atoms with E-state index in [2.05, 4.69) is 5.32 Å². The van der Waals surface area contributed by atoms with Gasteiger partial charge in [-0.1, -0.05) is 29.8 Å². The van der Waals surface area contributed by atoms with Gasteiger partial charge in [-0.15, -0.1) is 0 Å². The Kier molecular flexibility index (Phi) is 5.12. The highest BCUT2D eigenvalue weighted by molar-refractivity contribution is 5.83. The summed E-state index contributed by atoms with van der Waals surface area (Å²) < 4.78 is 0. The lowest BCUT2D eigenvalue weighted by molar-refractivity contribution is -0.127. The summed E-state index contributed by atoms with van der Waals surface area (Å²) in [6, 6.07) is 8.43. The van der Waals surface area contributed by atoms with E-state index in [4.69, 9.17) is 0 Å². The third kappa shape index (κ3) is 4.14. The summed E-state index contributed by atoms with van der Waals surface area (Å²) in [6.45, 7) is 7.47. The minimum atomic E-state index is -0.114. The molecule has 0 radical (unpaired) electrons. The van der Waals surface area contributed by atoms with Gasteiger partial charge in [0.2, 0.25) is 5.91 Å². The van der Waals surface area contributed by atoms with E-state index in [0.717, 1.165) is 25.1 Å². The second kappa shape index (κ2) is 6.85. The number of Topliss-reactive ketones (excluding diaryl/α,β-unsaturated/α-hetero) is 1. The molecule has 4 heteroatoms. The van der Waals surface area contributed by atoms with Crippen LogP contribution in [0.5, 0.6) is 0 Å². The molecule has 0 aromatic heterocycles. The largest absolute Gasteiger partial charge is 0.341 e. The van der Waals surface area contributed by atoms with E-state index in [1.807, 2.05) is 36.1 Å². The quantitative estimate of drug-likeness (QED) is 0.900. The Hall–Kier alpha value is -1.68. The zero-order valence-corrected chi connectivity index (χ0v) is 13.1. The van der Waals surface area contributed by atoms with Gasteiger partial charge in [0.1, 0.15) is 5.78 Å². The molecular formula is C17H24N2O2. The van der Waals surface area contributed by atoms with Crippen LogP contribution in [0.3, 0.4) is 0 Å². The summed E-state index contributed by atoms with van der Waals surface area (Å²) >= 11 is 0. The van der Waals surface area contributed by atoms with Gasteiger partial charge >= 0.3 is 0 Å². The molecule has 1 fully saturated rings. The van der Waals surface area contributed by atoms with Crippen molar-refractivity contribution >= 4 is 11.7 Å². The van der Waals surface area contributed by atoms with Crippen molar-refractivity contribution in [3.8, 4) is 0 Å². The molecule has 4 nitrogen and oxygen atoms in total. The van der Waals surface area contributed by atoms with Crippen LogP contribution in [0.1, 0.15) is 37.3 Å². The van der Waals surface area contributed by atoms with Crippen molar-refractivity contribution in [3.63, 3.8) is 0 Å². The summed E-state index contributed by atoms with van der Waals surface area (Å²) in [7, 11) is 0. The van der Waals surface area contributed by atoms with E-state index in [1.165, 1.54) is 5.56 Å². The number of amides is 1. The lowest BCUT2D eigenvalue weighted by Gasteiger charge is -2.19. The van der Waals surface area contributed by atoms with E-state index in [-0.39, 0.29) is 17.6 Å². The monoisotopic (exact) mass is 288 g/mol. The summed E-state index contributed by atoms with van der Waals surface area (Å²) in [5.74, 6) is 0.186. The molecule has 114 valence electrons. The van der Waals surface area contributed by atoms with Crippen molar-refractivity contribution in [2.75, 3.05) is 19.6 Å². The van der Waals surface area contributed by atoms with E-state index in [9.17, 15) is 9.59 Å². The van der Waals surface area contributed by atoms with E-state index < -0.39 is 0 Å². The molecule has 0 bridgehead atoms. The first-order chi connectivity index (χ1) is 9.97. The molecule has 0 aliphatic carbocycles. The predicted molar refractivity (Wildman–Crippen MR) is 83.3 cm³/mol. The highest BCUT2D eigenvalue weighted by atomic mass is 16.2. The van der Waals surface area contributed by atoms with E-state index in [0.29, 0.717) is 12.6 Å². The van der Waals surface area contributed by atoms with Crippen LogP contribution >= 0.6 is 0 Å². The SMILES string of the molecule is CC(=O)[C@H](CN[C@@H]1CCN(C(C)=O)C1)c1ccc(C)cc1. The molecule has 0 spiro atoms. The Morgan fingerprint density at radius 2 is 1.95 bits per heavy atom. The van der Waals surface area contributed by atoms with Crippen LogP contribution in [0.15, 0.2) is 24.3 Å². The Morgan fingerprint density at radius 1 is 1.29 bits per heavy atom. The third-order valence-corrected chi connectivity index (χ3v) is 4.21. The number of hydrogen-bond donors (Lipinski definition) is 1. The van der Waals surface area contributed by atoms with Crippen LogP contribution in [0.4, 0.5) is 0 Å². The molecule has 2 atom stereocenters. The minimum Gasteiger partial charge on any atom is -0.341 e. The zero-order valence-electron chi connectivity index (χ0n) is 13.1. The molecule has 1 aromatic carbocycles. The van der Waals surface area contributed by atoms with Crippen LogP contribution < -0.4 is 5.32 Å². The Morgan fingerprint density at radius 3 is 2.48 bits per heavy atom. The number of nitrogens with zero attached hydrogens (tertiary/aromatic N) is 1. The number of benzene rings is 1. The molecule has 0 saturated carbocycles. The van der Waals surface area contributed by atoms with Gasteiger partial charge in [-0.25, -0.2) is 0 Å². The maximum absolute atomic E-state index is 11.9. The Balaban J connectivity index is 1.94. The minimum absolute atomic E-state index is 0.114. The first-order valence-corrected chi connectivity index (χ1v) is 7.53. The molecule has 1 aliphatic heterocycles. The van der Waals surface area contributed by atoms with Gasteiger partial charge < -0.3 is 10.2 Å². The van der Waals surface area contributed by atoms with E-state index in [1.54, 1.807) is 13.8 Å². The molecular weight excluding hydrogens is 264 g/mol. The van der Waals surface area contributed by atoms with Gasteiger partial charge in [-0.2, -0.15) is 0 Å². The van der Waals surface area contributed by atoms with E-state index >= 15 is 0 Å². The number of aryl methyl sites for hydroxylation is 1. The second-order valence-corrected chi connectivity index (χ2v) is 5.93. The fourth-order valence-corrected chi connectivity index (χ4v) is 2.79. The molecule has 1 saturated heterocycles. The molecule has 1 N–H and O–H groups in total. The lowest BCUT2D eigenvalue weighted by atomic mass is 9.94. The van der Waals surface area contributed by atoms with Crippen LogP contribution in [0.2, 0.25) is 0 Å². The van der Waals surface area contributed by atoms with Crippen molar-refractivity contribution in [1.82, 2.24) is 10.2 Å². The van der Waals surface area contributed by atoms with Crippen molar-refractivity contribution in [2.24, 2.45) is 0 Å². The highest BCUT2D eigenvalue weighted by Gasteiger charge is 2.25. The number of carbonyl (C=O) groups excluding carboxylic acids is 2. The topological polar surface area (TPSA) is 49.4 Å². The first kappa shape index (κ1) is 15.7. The average Bonchev–Trinajstić information content (AvgIpc) is 2.90. The van der Waals surface area contributed by atoms with Gasteiger partial charge in [0, 0.05) is 32.6 Å². The maximum Gasteiger partial charge on any atom is 0.219 e. The van der Waals surface area contributed by atoms with Crippen LogP contribution in [0.25, 0.3) is 0 Å². The van der Waals surface area contributed by atoms with Crippen molar-refractivity contribution in [1.29, 1.82) is 0 Å². The van der Waals surface area contributed by atoms with Crippen molar-refractivity contribution < 1.29 is 9.59 Å². The van der Waals surface area contributed by atoms with Crippen LogP contribution in [0, 0.1) is 6.92 Å². The van der Waals surface area contributed by atoms with Gasteiger partial charge in [-0.05, 0) is 25.8 Å². The summed E-state index contributed by atoms with van der Waals surface area (Å²) in [4.78, 5) is 25.1. The van der Waals surface area contributed by atoms with Gasteiger partial charge in [-0.3, -0.25) is 9.59 Å². The normalized spacial score (nSPS) is 19.6. The predicted octanol–water partition coefficient (Wildman–Crippen LogP) is 1.88. The summed E-state index contributed by atoms with van der Waals surface area (Å²) in [5.41, 5.74) is 2.25. The standard InChI is InChI=1S/C17H24N2O2/c1-12-4-6-15(7-5-12)17(13(2)20)10-18-16-8-9-19(11-16)14(3)21/h4-7,16-18H,8-11H2,1-3H3/t16-,17+/m1/s1. The fraction of sp³-hybridized carbons (Fsp3) is 0.529. The molecule has 2 rings (SSSR count). The molecule has 0 unspecified atom stereocenters. The molecule has 21 heavy (non-hydrogen) atoms. The maximum atomic E-state index is 11.9. The number of nitrogens with one attached hydrogen (secondary N) is 1. The fourth-order valence-electron chi connectivity index (χ4n) is 2.79. The van der Waals surface area contributed by atoms with Crippen molar-refractivity contribution in [3.05, 3.63) is 35.4 Å². The van der Waals surface area contributed by atoms with Crippen molar-refractivity contribution in [2.45, 2.75) is 39.2 Å². The number of carbonyl (C=O) groups is 2. The third-order valence-electron chi connectivity index (χ3n) is 4.21. The summed E-state index contributed by atoms with van der Waals surface area (Å²) in [5, 5.41) is 3.45. The lowest BCUT2D eigenvalue weighted by Crippen LogP contribution is -2.37. The molecule has 1 aromatic rings.